The molecule has 16 heavy (non-hydrogen) atoms. The van der Waals surface area contributed by atoms with Gasteiger partial charge in [-0.1, -0.05) is 6.07 Å². The van der Waals surface area contributed by atoms with Crippen molar-refractivity contribution in [1.82, 2.24) is 0 Å². The fraction of sp³-hybridized carbons (Fsp3) is 0.455. The van der Waals surface area contributed by atoms with Crippen molar-refractivity contribution < 1.29 is 22.7 Å². The van der Waals surface area contributed by atoms with Gasteiger partial charge in [-0.05, 0) is 36.0 Å². The van der Waals surface area contributed by atoms with Gasteiger partial charge in [-0.25, -0.2) is 4.39 Å². The summed E-state index contributed by atoms with van der Waals surface area (Å²) in [4.78, 5) is 0. The number of alkyl halides is 3. The predicted molar refractivity (Wildman–Crippen MR) is 49.3 cm³/mol. The maximum atomic E-state index is 12.8. The van der Waals surface area contributed by atoms with Gasteiger partial charge >= 0.3 is 6.18 Å². The van der Waals surface area contributed by atoms with Crippen molar-refractivity contribution in [2.75, 3.05) is 6.61 Å². The van der Waals surface area contributed by atoms with E-state index in [1.54, 1.807) is 0 Å². The molecular weight excluding hydrogens is 224 g/mol. The lowest BCUT2D eigenvalue weighted by Crippen LogP contribution is -2.09. The summed E-state index contributed by atoms with van der Waals surface area (Å²) in [5, 5.41) is 8.83. The number of aliphatic hydroxyl groups is 1. The molecule has 0 heterocycles. The van der Waals surface area contributed by atoms with Crippen molar-refractivity contribution in [3.05, 3.63) is 35.1 Å². The van der Waals surface area contributed by atoms with Crippen molar-refractivity contribution in [2.24, 2.45) is 5.92 Å². The summed E-state index contributed by atoms with van der Waals surface area (Å²) in [6, 6.07) is 2.71. The molecule has 0 radical (unpaired) electrons. The van der Waals surface area contributed by atoms with Crippen molar-refractivity contribution in [3.63, 3.8) is 0 Å². The minimum atomic E-state index is -4.54. The zero-order chi connectivity index (χ0) is 11.9. The highest BCUT2D eigenvalue weighted by atomic mass is 19.4. The van der Waals surface area contributed by atoms with Crippen LogP contribution in [-0.4, -0.2) is 11.7 Å². The zero-order valence-electron chi connectivity index (χ0n) is 8.26. The number of aliphatic hydroxyl groups excluding tert-OH is 1. The molecule has 5 heteroatoms. The molecule has 1 fully saturated rings. The third kappa shape index (κ3) is 2.04. The molecule has 1 aromatic carbocycles. The van der Waals surface area contributed by atoms with E-state index in [9.17, 15) is 17.6 Å². The Morgan fingerprint density at radius 1 is 1.31 bits per heavy atom. The van der Waals surface area contributed by atoms with Gasteiger partial charge in [0.2, 0.25) is 0 Å². The zero-order valence-corrected chi connectivity index (χ0v) is 8.26. The fourth-order valence-electron chi connectivity index (χ4n) is 1.93. The normalized spacial score (nSPS) is 24.6. The number of rotatable bonds is 2. The first-order chi connectivity index (χ1) is 7.43. The minimum absolute atomic E-state index is 0.0907. The molecule has 0 saturated heterocycles. The Balaban J connectivity index is 2.38. The quantitative estimate of drug-likeness (QED) is 0.780. The molecule has 1 aliphatic rings. The molecule has 0 amide bonds. The number of halogens is 4. The molecule has 1 aliphatic carbocycles. The molecule has 2 atom stereocenters. The standard InChI is InChI=1S/C11H10F4O/c12-7-1-2-8(9-3-6(9)5-16)10(4-7)11(13,14)15/h1-2,4,6,9,16H,3,5H2. The van der Waals surface area contributed by atoms with Crippen LogP contribution >= 0.6 is 0 Å². The fourth-order valence-corrected chi connectivity index (χ4v) is 1.93. The average Bonchev–Trinajstić information content (AvgIpc) is 2.95. The summed E-state index contributed by atoms with van der Waals surface area (Å²) in [5.74, 6) is -1.30. The van der Waals surface area contributed by atoms with E-state index >= 15 is 0 Å². The summed E-state index contributed by atoms with van der Waals surface area (Å²) in [5.41, 5.74) is -0.832. The Kier molecular flexibility index (Phi) is 2.66. The molecule has 0 aromatic heterocycles. The first kappa shape index (κ1) is 11.4. The van der Waals surface area contributed by atoms with Crippen LogP contribution in [0.25, 0.3) is 0 Å². The molecule has 88 valence electrons. The average molecular weight is 234 g/mol. The van der Waals surface area contributed by atoms with Crippen LogP contribution in [0.5, 0.6) is 0 Å². The molecule has 2 rings (SSSR count). The van der Waals surface area contributed by atoms with Gasteiger partial charge in [0.25, 0.3) is 0 Å². The summed E-state index contributed by atoms with van der Waals surface area (Å²) >= 11 is 0. The Hall–Kier alpha value is -1.10. The topological polar surface area (TPSA) is 20.2 Å². The molecule has 2 unspecified atom stereocenters. The third-order valence-corrected chi connectivity index (χ3v) is 2.88. The minimum Gasteiger partial charge on any atom is -0.396 e. The number of hydrogen-bond donors (Lipinski definition) is 1. The van der Waals surface area contributed by atoms with Gasteiger partial charge in [0, 0.05) is 6.61 Å². The van der Waals surface area contributed by atoms with Crippen molar-refractivity contribution in [3.8, 4) is 0 Å². The summed E-state index contributed by atoms with van der Waals surface area (Å²) in [6.45, 7) is -0.126. The smallest absolute Gasteiger partial charge is 0.396 e. The van der Waals surface area contributed by atoms with Gasteiger partial charge in [0.15, 0.2) is 0 Å². The monoisotopic (exact) mass is 234 g/mol. The summed E-state index contributed by atoms with van der Waals surface area (Å²) < 4.78 is 50.6. The lowest BCUT2D eigenvalue weighted by Gasteiger charge is -2.12. The second kappa shape index (κ2) is 3.73. The van der Waals surface area contributed by atoms with Crippen LogP contribution in [-0.2, 0) is 6.18 Å². The maximum absolute atomic E-state index is 12.8. The van der Waals surface area contributed by atoms with Crippen LogP contribution in [0.1, 0.15) is 23.5 Å². The van der Waals surface area contributed by atoms with Gasteiger partial charge in [-0.2, -0.15) is 13.2 Å². The van der Waals surface area contributed by atoms with Gasteiger partial charge in [-0.15, -0.1) is 0 Å². The van der Waals surface area contributed by atoms with E-state index in [0.717, 1.165) is 6.07 Å². The predicted octanol–water partition coefficient (Wildman–Crippen LogP) is 2.94. The molecule has 1 N–H and O–H groups in total. The van der Waals surface area contributed by atoms with E-state index in [1.807, 2.05) is 0 Å². The number of benzene rings is 1. The highest BCUT2D eigenvalue weighted by Gasteiger charge is 2.43. The second-order valence-corrected chi connectivity index (χ2v) is 4.01. The molecule has 1 nitrogen and oxygen atoms in total. The molecular formula is C11H10F4O. The van der Waals surface area contributed by atoms with Crippen LogP contribution in [0.4, 0.5) is 17.6 Å². The first-order valence-electron chi connectivity index (χ1n) is 4.91. The van der Waals surface area contributed by atoms with Crippen molar-refractivity contribution >= 4 is 0 Å². The van der Waals surface area contributed by atoms with E-state index in [-0.39, 0.29) is 24.0 Å². The highest BCUT2D eigenvalue weighted by molar-refractivity contribution is 5.37. The van der Waals surface area contributed by atoms with E-state index in [0.29, 0.717) is 12.5 Å². The number of hydrogen-bond acceptors (Lipinski definition) is 1. The second-order valence-electron chi connectivity index (χ2n) is 4.01. The highest BCUT2D eigenvalue weighted by Crippen LogP contribution is 2.50. The molecule has 0 aliphatic heterocycles. The van der Waals surface area contributed by atoms with Crippen LogP contribution in [0.15, 0.2) is 18.2 Å². The van der Waals surface area contributed by atoms with E-state index in [4.69, 9.17) is 5.11 Å². The Morgan fingerprint density at radius 3 is 2.50 bits per heavy atom. The van der Waals surface area contributed by atoms with E-state index < -0.39 is 17.6 Å². The van der Waals surface area contributed by atoms with Gasteiger partial charge in [0.1, 0.15) is 5.82 Å². The van der Waals surface area contributed by atoms with Crippen LogP contribution < -0.4 is 0 Å². The lowest BCUT2D eigenvalue weighted by atomic mass is 10.0. The summed E-state index contributed by atoms with van der Waals surface area (Å²) in [7, 11) is 0. The molecule has 0 spiro atoms. The molecule has 0 bridgehead atoms. The van der Waals surface area contributed by atoms with Crippen LogP contribution in [0, 0.1) is 11.7 Å². The SMILES string of the molecule is OCC1CC1c1ccc(F)cc1C(F)(F)F. The van der Waals surface area contributed by atoms with Crippen molar-refractivity contribution in [2.45, 2.75) is 18.5 Å². The van der Waals surface area contributed by atoms with Crippen molar-refractivity contribution in [1.29, 1.82) is 0 Å². The van der Waals surface area contributed by atoms with Crippen LogP contribution in [0.2, 0.25) is 0 Å². The Bertz CT molecular complexity index is 399. The van der Waals surface area contributed by atoms with Gasteiger partial charge in [-0.3, -0.25) is 0 Å². The lowest BCUT2D eigenvalue weighted by molar-refractivity contribution is -0.138. The van der Waals surface area contributed by atoms with Crippen LogP contribution in [0.3, 0.4) is 0 Å². The van der Waals surface area contributed by atoms with E-state index in [1.165, 1.54) is 6.07 Å². The molecule has 1 saturated carbocycles. The Morgan fingerprint density at radius 2 is 2.00 bits per heavy atom. The van der Waals surface area contributed by atoms with E-state index in [2.05, 4.69) is 0 Å². The summed E-state index contributed by atoms with van der Waals surface area (Å²) in [6.07, 6.45) is -4.01. The van der Waals surface area contributed by atoms with Gasteiger partial charge in [0.05, 0.1) is 5.56 Å². The third-order valence-electron chi connectivity index (χ3n) is 2.88. The van der Waals surface area contributed by atoms with Gasteiger partial charge < -0.3 is 5.11 Å². The maximum Gasteiger partial charge on any atom is 0.416 e. The largest absolute Gasteiger partial charge is 0.416 e. The Labute approximate surface area is 89.7 Å². The molecule has 1 aromatic rings. The first-order valence-corrected chi connectivity index (χ1v) is 4.91.